The number of esters is 2. The van der Waals surface area contributed by atoms with Gasteiger partial charge in [0.1, 0.15) is 16.3 Å². The van der Waals surface area contributed by atoms with Crippen LogP contribution in [0.5, 0.6) is 5.75 Å². The van der Waals surface area contributed by atoms with Crippen LogP contribution in [0.1, 0.15) is 33.2 Å². The largest absolute Gasteiger partial charge is 0.497 e. The zero-order valence-corrected chi connectivity index (χ0v) is 18.7. The number of benzene rings is 2. The third kappa shape index (κ3) is 5.75. The molecule has 0 aliphatic carbocycles. The van der Waals surface area contributed by atoms with E-state index in [1.165, 1.54) is 12.1 Å². The smallest absolute Gasteiger partial charge is 0.341 e. The molecule has 0 spiro atoms. The first-order chi connectivity index (χ1) is 16.0. The van der Waals surface area contributed by atoms with E-state index in [4.69, 9.17) is 19.5 Å². The van der Waals surface area contributed by atoms with E-state index in [2.05, 4.69) is 5.32 Å². The maximum atomic E-state index is 12.6. The van der Waals surface area contributed by atoms with Crippen LogP contribution in [-0.4, -0.2) is 38.2 Å². The van der Waals surface area contributed by atoms with Crippen LogP contribution in [-0.2, 0) is 14.3 Å². The van der Waals surface area contributed by atoms with Crippen molar-refractivity contribution in [2.45, 2.75) is 6.92 Å². The van der Waals surface area contributed by atoms with Gasteiger partial charge in [0.05, 0.1) is 30.9 Å². The van der Waals surface area contributed by atoms with Crippen molar-refractivity contribution in [3.63, 3.8) is 0 Å². The first-order valence-electron chi connectivity index (χ1n) is 9.87. The molecule has 33 heavy (non-hydrogen) atoms. The predicted molar refractivity (Wildman–Crippen MR) is 122 cm³/mol. The highest BCUT2D eigenvalue weighted by Crippen LogP contribution is 2.36. The monoisotopic (exact) mass is 464 g/mol. The summed E-state index contributed by atoms with van der Waals surface area (Å²) in [4.78, 5) is 37.2. The molecule has 2 aromatic carbocycles. The van der Waals surface area contributed by atoms with Crippen molar-refractivity contribution in [1.82, 2.24) is 0 Å². The normalized spacial score (nSPS) is 10.1. The summed E-state index contributed by atoms with van der Waals surface area (Å²) >= 11 is 1.16. The molecule has 168 valence electrons. The van der Waals surface area contributed by atoms with Crippen molar-refractivity contribution in [3.8, 4) is 22.9 Å². The summed E-state index contributed by atoms with van der Waals surface area (Å²) in [6, 6.07) is 15.0. The van der Waals surface area contributed by atoms with Gasteiger partial charge in [0, 0.05) is 10.9 Å². The van der Waals surface area contributed by atoms with Crippen molar-refractivity contribution in [1.29, 1.82) is 5.26 Å². The molecule has 0 saturated heterocycles. The molecule has 0 unspecified atom stereocenters. The molecule has 8 nitrogen and oxygen atoms in total. The number of thiophene rings is 1. The fourth-order valence-corrected chi connectivity index (χ4v) is 3.91. The number of ether oxygens (including phenoxy) is 3. The molecule has 1 amide bonds. The highest BCUT2D eigenvalue weighted by molar-refractivity contribution is 7.15. The summed E-state index contributed by atoms with van der Waals surface area (Å²) in [5, 5.41) is 13.6. The summed E-state index contributed by atoms with van der Waals surface area (Å²) in [5.41, 5.74) is 2.03. The quantitative estimate of drug-likeness (QED) is 0.495. The highest BCUT2D eigenvalue weighted by Gasteiger charge is 2.23. The number of carbonyl (C=O) groups excluding carboxylic acids is 3. The molecule has 0 bridgehead atoms. The third-order valence-corrected chi connectivity index (χ3v) is 5.38. The Morgan fingerprint density at radius 3 is 2.48 bits per heavy atom. The average molecular weight is 464 g/mol. The lowest BCUT2D eigenvalue weighted by Gasteiger charge is -2.10. The molecular weight excluding hydrogens is 444 g/mol. The van der Waals surface area contributed by atoms with Crippen LogP contribution < -0.4 is 10.1 Å². The molecule has 0 radical (unpaired) electrons. The Bertz CT molecular complexity index is 1210. The van der Waals surface area contributed by atoms with Crippen LogP contribution in [0, 0.1) is 11.3 Å². The molecule has 3 rings (SSSR count). The van der Waals surface area contributed by atoms with Gasteiger partial charge >= 0.3 is 11.9 Å². The minimum Gasteiger partial charge on any atom is -0.497 e. The molecular formula is C24H20N2O6S. The van der Waals surface area contributed by atoms with Crippen molar-refractivity contribution in [3.05, 3.63) is 70.6 Å². The van der Waals surface area contributed by atoms with Crippen molar-refractivity contribution < 1.29 is 28.6 Å². The second-order valence-corrected chi connectivity index (χ2v) is 7.50. The van der Waals surface area contributed by atoms with E-state index in [1.54, 1.807) is 55.8 Å². The number of nitrogens with one attached hydrogen (secondary N) is 1. The maximum absolute atomic E-state index is 12.6. The molecule has 0 aliphatic rings. The number of rotatable bonds is 8. The Hall–Kier alpha value is -4.16. The third-order valence-electron chi connectivity index (χ3n) is 4.49. The van der Waals surface area contributed by atoms with Crippen LogP contribution in [0.25, 0.3) is 11.1 Å². The van der Waals surface area contributed by atoms with Gasteiger partial charge in [0.2, 0.25) is 0 Å². The van der Waals surface area contributed by atoms with Gasteiger partial charge in [-0.3, -0.25) is 4.79 Å². The average Bonchev–Trinajstić information content (AvgIpc) is 3.26. The number of hydrogen-bond donors (Lipinski definition) is 1. The molecule has 9 heteroatoms. The molecule has 1 aromatic heterocycles. The van der Waals surface area contributed by atoms with Crippen molar-refractivity contribution >= 4 is 34.2 Å². The zero-order valence-electron chi connectivity index (χ0n) is 17.9. The lowest BCUT2D eigenvalue weighted by molar-refractivity contribution is -0.119. The van der Waals surface area contributed by atoms with E-state index in [0.29, 0.717) is 16.9 Å². The molecule has 0 fully saturated rings. The summed E-state index contributed by atoms with van der Waals surface area (Å²) in [7, 11) is 1.56. The first-order valence-corrected chi connectivity index (χ1v) is 10.7. The Balaban J connectivity index is 1.75. The van der Waals surface area contributed by atoms with Crippen molar-refractivity contribution in [2.24, 2.45) is 0 Å². The minimum absolute atomic E-state index is 0.159. The molecule has 0 aliphatic heterocycles. The number of nitriles is 1. The SMILES string of the molecule is CCOC(=O)c1c(-c2ccc(OC)cc2)csc1NC(=O)COC(=O)c1cccc(C#N)c1. The van der Waals surface area contributed by atoms with Gasteiger partial charge in [0.25, 0.3) is 5.91 Å². The fraction of sp³-hybridized carbons (Fsp3) is 0.167. The first kappa shape index (κ1) is 23.5. The molecule has 3 aromatic rings. The van der Waals surface area contributed by atoms with Gasteiger partial charge in [-0.2, -0.15) is 5.26 Å². The lowest BCUT2D eigenvalue weighted by atomic mass is 10.0. The molecule has 0 saturated carbocycles. The van der Waals surface area contributed by atoms with Crippen LogP contribution in [0.2, 0.25) is 0 Å². The van der Waals surface area contributed by atoms with E-state index >= 15 is 0 Å². The number of anilines is 1. The van der Waals surface area contributed by atoms with Crippen LogP contribution in [0.15, 0.2) is 53.9 Å². The van der Waals surface area contributed by atoms with E-state index in [-0.39, 0.29) is 22.7 Å². The van der Waals surface area contributed by atoms with Crippen molar-refractivity contribution in [2.75, 3.05) is 25.6 Å². The van der Waals surface area contributed by atoms with Gasteiger partial charge < -0.3 is 19.5 Å². The van der Waals surface area contributed by atoms with Crippen LogP contribution in [0.4, 0.5) is 5.00 Å². The predicted octanol–water partition coefficient (Wildman–Crippen LogP) is 4.27. The van der Waals surface area contributed by atoms with Crippen LogP contribution >= 0.6 is 11.3 Å². The summed E-state index contributed by atoms with van der Waals surface area (Å²) < 4.78 is 15.4. The van der Waals surface area contributed by atoms with E-state index in [1.807, 2.05) is 6.07 Å². The lowest BCUT2D eigenvalue weighted by Crippen LogP contribution is -2.21. The number of methoxy groups -OCH3 is 1. The summed E-state index contributed by atoms with van der Waals surface area (Å²) in [6.07, 6.45) is 0. The van der Waals surface area contributed by atoms with E-state index in [9.17, 15) is 14.4 Å². The Morgan fingerprint density at radius 1 is 1.06 bits per heavy atom. The Labute approximate surface area is 194 Å². The number of amides is 1. The number of nitrogens with zero attached hydrogens (tertiary/aromatic N) is 1. The highest BCUT2D eigenvalue weighted by atomic mass is 32.1. The standard InChI is InChI=1S/C24H20N2O6S/c1-3-31-24(29)21-19(16-7-9-18(30-2)10-8-16)14-33-22(21)26-20(27)13-32-23(28)17-6-4-5-15(11-17)12-25/h4-11,14H,3,13H2,1-2H3,(H,26,27). The number of carbonyl (C=O) groups is 3. The fourth-order valence-electron chi connectivity index (χ4n) is 2.93. The summed E-state index contributed by atoms with van der Waals surface area (Å²) in [6.45, 7) is 1.30. The molecule has 1 N–H and O–H groups in total. The summed E-state index contributed by atoms with van der Waals surface area (Å²) in [5.74, 6) is -1.26. The van der Waals surface area contributed by atoms with E-state index < -0.39 is 24.5 Å². The van der Waals surface area contributed by atoms with Gasteiger partial charge in [-0.05, 0) is 42.8 Å². The molecule has 1 heterocycles. The van der Waals surface area contributed by atoms with Gasteiger partial charge in [0.15, 0.2) is 6.61 Å². The second kappa shape index (κ2) is 10.9. The van der Waals surface area contributed by atoms with Gasteiger partial charge in [-0.15, -0.1) is 11.3 Å². The van der Waals surface area contributed by atoms with Gasteiger partial charge in [-0.25, -0.2) is 9.59 Å². The topological polar surface area (TPSA) is 115 Å². The van der Waals surface area contributed by atoms with Crippen LogP contribution in [0.3, 0.4) is 0 Å². The number of hydrogen-bond acceptors (Lipinski definition) is 8. The van der Waals surface area contributed by atoms with Gasteiger partial charge in [-0.1, -0.05) is 18.2 Å². The van der Waals surface area contributed by atoms with E-state index in [0.717, 1.165) is 16.9 Å². The second-order valence-electron chi connectivity index (χ2n) is 6.62. The minimum atomic E-state index is -0.738. The maximum Gasteiger partial charge on any atom is 0.341 e. The Kier molecular flexibility index (Phi) is 7.78. The Morgan fingerprint density at radius 2 is 1.82 bits per heavy atom. The molecule has 0 atom stereocenters. The zero-order chi connectivity index (χ0) is 23.8.